The molecule has 2 heteroatoms. The third-order valence-electron chi connectivity index (χ3n) is 0.667. The van der Waals surface area contributed by atoms with Gasteiger partial charge >= 0.3 is 8.12 Å². The van der Waals surface area contributed by atoms with Gasteiger partial charge in [-0.15, -0.1) is 0 Å². The first-order valence-electron chi connectivity index (χ1n) is 2.22. The van der Waals surface area contributed by atoms with Gasteiger partial charge in [0.05, 0.1) is 0 Å². The lowest BCUT2D eigenvalue weighted by Crippen LogP contribution is -1.47. The molecule has 0 N–H and O–H groups in total. The second-order valence-electron chi connectivity index (χ2n) is 1.15. The van der Waals surface area contributed by atoms with Crippen LogP contribution in [0.15, 0.2) is 36.4 Å². The molecule has 0 nitrogen and oxygen atoms in total. The predicted molar refractivity (Wildman–Crippen MR) is 33.3 cm³/mol. The molecule has 8 heavy (non-hydrogen) atoms. The van der Waals surface area contributed by atoms with Crippen LogP contribution in [0.4, 0.5) is 4.32 Å². The van der Waals surface area contributed by atoms with Crippen molar-refractivity contribution in [1.29, 1.82) is 0 Å². The zero-order valence-electron chi connectivity index (χ0n) is 4.42. The molecule has 0 bridgehead atoms. The van der Waals surface area contributed by atoms with E-state index in [1.807, 2.05) is 36.4 Å². The Morgan fingerprint density at radius 1 is 0.625 bits per heavy atom. The Morgan fingerprint density at radius 3 is 0.875 bits per heavy atom. The summed E-state index contributed by atoms with van der Waals surface area (Å²) in [6.45, 7) is 0. The van der Waals surface area contributed by atoms with Gasteiger partial charge in [0.15, 0.2) is 0 Å². The molecule has 0 aliphatic rings. The summed E-state index contributed by atoms with van der Waals surface area (Å²) < 4.78 is 9.00. The summed E-state index contributed by atoms with van der Waals surface area (Å²) in [7, 11) is 3.00. The molecule has 40 valence electrons. The lowest BCUT2D eigenvalue weighted by Gasteiger charge is -1.69. The minimum atomic E-state index is 2.00. The van der Waals surface area contributed by atoms with E-state index < -0.39 is 0 Å². The first-order chi connectivity index (χ1) is 4.00. The minimum Gasteiger partial charge on any atom is -0.350 e. The summed E-state index contributed by atoms with van der Waals surface area (Å²) in [5, 5.41) is 0. The Balaban J connectivity index is 0.000000222. The molecule has 1 rings (SSSR count). The summed E-state index contributed by atoms with van der Waals surface area (Å²) in [6.07, 6.45) is 0. The maximum absolute atomic E-state index is 9.00. The Morgan fingerprint density at radius 2 is 0.750 bits per heavy atom. The van der Waals surface area contributed by atoms with Crippen LogP contribution in [0.25, 0.3) is 0 Å². The van der Waals surface area contributed by atoms with Crippen LogP contribution in [0.1, 0.15) is 0 Å². The van der Waals surface area contributed by atoms with Gasteiger partial charge in [-0.05, 0) is 0 Å². The molecule has 0 saturated heterocycles. The lowest BCUT2D eigenvalue weighted by molar-refractivity contribution is 0.902. The van der Waals surface area contributed by atoms with Crippen LogP contribution in [0.2, 0.25) is 0 Å². The number of benzene rings is 1. The van der Waals surface area contributed by atoms with Gasteiger partial charge in [-0.2, -0.15) is 0 Å². The van der Waals surface area contributed by atoms with Crippen molar-refractivity contribution < 1.29 is 4.32 Å². The van der Waals surface area contributed by atoms with E-state index in [2.05, 4.69) is 8.12 Å². The molecule has 0 aliphatic heterocycles. The zero-order chi connectivity index (χ0) is 6.24. The van der Waals surface area contributed by atoms with Crippen LogP contribution in [0, 0.1) is 0 Å². The molecule has 0 fully saturated rings. The molecule has 0 atom stereocenters. The topological polar surface area (TPSA) is 0 Å². The van der Waals surface area contributed by atoms with E-state index >= 15 is 0 Å². The molecule has 0 unspecified atom stereocenters. The van der Waals surface area contributed by atoms with Gasteiger partial charge in [0, 0.05) is 0 Å². The van der Waals surface area contributed by atoms with Gasteiger partial charge in [0.2, 0.25) is 0 Å². The molecule has 0 amide bonds. The molecule has 2 radical (unpaired) electrons. The quantitative estimate of drug-likeness (QED) is 0.444. The highest BCUT2D eigenvalue weighted by Gasteiger charge is 1.57. The van der Waals surface area contributed by atoms with Crippen LogP contribution in [0.3, 0.4) is 0 Å². The highest BCUT2D eigenvalue weighted by atomic mass is 19.1. The largest absolute Gasteiger partial charge is 0.350 e. The van der Waals surface area contributed by atoms with Crippen LogP contribution < -0.4 is 0 Å². The van der Waals surface area contributed by atoms with Crippen molar-refractivity contribution in [3.63, 3.8) is 0 Å². The lowest BCUT2D eigenvalue weighted by atomic mass is 10.4. The van der Waals surface area contributed by atoms with Crippen LogP contribution >= 0.6 is 0 Å². The van der Waals surface area contributed by atoms with Crippen molar-refractivity contribution >= 4 is 8.12 Å². The Labute approximate surface area is 49.8 Å². The van der Waals surface area contributed by atoms with E-state index in [0.29, 0.717) is 0 Å². The Hall–Kier alpha value is -0.785. The van der Waals surface area contributed by atoms with E-state index in [4.69, 9.17) is 4.32 Å². The monoisotopic (exact) mass is 108 g/mol. The average molecular weight is 108 g/mol. The smallest absolute Gasteiger partial charge is 0.350 e. The number of hydrogen-bond donors (Lipinski definition) is 0. The number of halogens is 1. The van der Waals surface area contributed by atoms with E-state index in [-0.39, 0.29) is 0 Å². The molecular weight excluding hydrogens is 102 g/mol. The van der Waals surface area contributed by atoms with Crippen molar-refractivity contribution in [3.8, 4) is 0 Å². The second-order valence-corrected chi connectivity index (χ2v) is 1.15. The Bertz CT molecular complexity index is 80.5. The standard InChI is InChI=1S/C6H6.BF/c1-2-4-6-5-3-1;1-2/h1-6H;. The normalized spacial score (nSPS) is 6.62. The van der Waals surface area contributed by atoms with E-state index in [1.165, 1.54) is 0 Å². The molecule has 1 aromatic rings. The third kappa shape index (κ3) is 3.41. The van der Waals surface area contributed by atoms with Gasteiger partial charge in [-0.1, -0.05) is 36.4 Å². The first kappa shape index (κ1) is 7.21. The fourth-order valence-corrected chi connectivity index (χ4v) is 0.385. The van der Waals surface area contributed by atoms with E-state index in [9.17, 15) is 0 Å². The van der Waals surface area contributed by atoms with Crippen molar-refractivity contribution in [2.45, 2.75) is 0 Å². The van der Waals surface area contributed by atoms with Gasteiger partial charge in [-0.25, -0.2) is 0 Å². The van der Waals surface area contributed by atoms with Gasteiger partial charge in [0.25, 0.3) is 0 Å². The number of rotatable bonds is 0. The zero-order valence-corrected chi connectivity index (χ0v) is 4.42. The molecule has 0 spiro atoms. The van der Waals surface area contributed by atoms with Crippen molar-refractivity contribution in [2.75, 3.05) is 0 Å². The van der Waals surface area contributed by atoms with E-state index in [1.54, 1.807) is 0 Å². The Kier molecular flexibility index (Phi) is 5.61. The molecule has 0 aromatic heterocycles. The molecule has 1 aromatic carbocycles. The summed E-state index contributed by atoms with van der Waals surface area (Å²) in [6, 6.07) is 12.0. The highest BCUT2D eigenvalue weighted by molar-refractivity contribution is 5.96. The number of hydrogen-bond acceptors (Lipinski definition) is 0. The van der Waals surface area contributed by atoms with Crippen molar-refractivity contribution in [3.05, 3.63) is 36.4 Å². The van der Waals surface area contributed by atoms with Crippen LogP contribution in [-0.4, -0.2) is 8.12 Å². The summed E-state index contributed by atoms with van der Waals surface area (Å²) in [5.41, 5.74) is 0. The van der Waals surface area contributed by atoms with Crippen molar-refractivity contribution in [2.24, 2.45) is 0 Å². The maximum atomic E-state index is 9.00. The van der Waals surface area contributed by atoms with Crippen molar-refractivity contribution in [1.82, 2.24) is 0 Å². The average Bonchev–Trinajstić information content (AvgIpc) is 1.96. The van der Waals surface area contributed by atoms with Gasteiger partial charge < -0.3 is 4.32 Å². The molecular formula is C6H6BF. The minimum absolute atomic E-state index is 2.00. The van der Waals surface area contributed by atoms with Crippen LogP contribution in [-0.2, 0) is 0 Å². The van der Waals surface area contributed by atoms with E-state index in [0.717, 1.165) is 0 Å². The summed E-state index contributed by atoms with van der Waals surface area (Å²) in [5.74, 6) is 0. The summed E-state index contributed by atoms with van der Waals surface area (Å²) in [4.78, 5) is 0. The first-order valence-corrected chi connectivity index (χ1v) is 2.22. The molecule has 0 aliphatic carbocycles. The third-order valence-corrected chi connectivity index (χ3v) is 0.667. The summed E-state index contributed by atoms with van der Waals surface area (Å²) >= 11 is 0. The SMILES string of the molecule is [B]F.c1ccccc1. The predicted octanol–water partition coefficient (Wildman–Crippen LogP) is 1.73. The fourth-order valence-electron chi connectivity index (χ4n) is 0.385. The molecule has 0 saturated carbocycles. The second kappa shape index (κ2) is 6.21. The maximum Gasteiger partial charge on any atom is 0.350 e. The van der Waals surface area contributed by atoms with Gasteiger partial charge in [0.1, 0.15) is 0 Å². The van der Waals surface area contributed by atoms with Crippen LogP contribution in [0.5, 0.6) is 0 Å². The molecule has 0 heterocycles. The fraction of sp³-hybridized carbons (Fsp3) is 0. The highest BCUT2D eigenvalue weighted by Crippen LogP contribution is 1.79. The van der Waals surface area contributed by atoms with Gasteiger partial charge in [-0.3, -0.25) is 0 Å².